The first-order chi connectivity index (χ1) is 14.7. The zero-order chi connectivity index (χ0) is 24.6. The van der Waals surface area contributed by atoms with Gasteiger partial charge in [0.2, 0.25) is 0 Å². The van der Waals surface area contributed by atoms with Gasteiger partial charge in [0.05, 0.1) is 6.42 Å². The van der Waals surface area contributed by atoms with Crippen molar-refractivity contribution in [3.63, 3.8) is 0 Å². The minimum absolute atomic E-state index is 0.0403. The van der Waals surface area contributed by atoms with Crippen LogP contribution in [0.2, 0.25) is 0 Å². The van der Waals surface area contributed by atoms with E-state index < -0.39 is 36.2 Å². The number of esters is 4. The van der Waals surface area contributed by atoms with Gasteiger partial charge in [-0.1, -0.05) is 26.8 Å². The molecule has 0 bridgehead atoms. The second-order valence-corrected chi connectivity index (χ2v) is 8.85. The number of ether oxygens (including phenoxy) is 4. The van der Waals surface area contributed by atoms with Gasteiger partial charge in [0.15, 0.2) is 11.5 Å². The molecular weight excluding hydrogens is 418 g/mol. The molecule has 0 aromatic heterocycles. The van der Waals surface area contributed by atoms with Gasteiger partial charge < -0.3 is 24.7 Å². The summed E-state index contributed by atoms with van der Waals surface area (Å²) in [6.07, 6.45) is -1.01. The topological polar surface area (TPSA) is 131 Å². The maximum atomic E-state index is 12.4. The fraction of sp³-hybridized carbons (Fsp3) is 0.565. The molecule has 0 aliphatic carbocycles. The van der Waals surface area contributed by atoms with Crippen molar-refractivity contribution in [2.45, 2.75) is 79.6 Å². The van der Waals surface area contributed by atoms with E-state index >= 15 is 0 Å². The van der Waals surface area contributed by atoms with Crippen LogP contribution in [0.1, 0.15) is 60.5 Å². The molecule has 0 radical (unpaired) electrons. The second-order valence-electron chi connectivity index (χ2n) is 8.85. The number of rotatable bonds is 9. The van der Waals surface area contributed by atoms with Gasteiger partial charge in [-0.15, -0.1) is 0 Å². The van der Waals surface area contributed by atoms with Crippen LogP contribution < -0.4 is 15.2 Å². The molecule has 0 aliphatic rings. The van der Waals surface area contributed by atoms with Crippen LogP contribution in [0, 0.1) is 5.41 Å². The number of nitrogens with two attached hydrogens (primary N) is 1. The van der Waals surface area contributed by atoms with Crippen molar-refractivity contribution in [3.8, 4) is 11.5 Å². The van der Waals surface area contributed by atoms with Gasteiger partial charge in [-0.2, -0.15) is 0 Å². The molecule has 2 N–H and O–H groups in total. The van der Waals surface area contributed by atoms with E-state index in [1.54, 1.807) is 19.9 Å². The zero-order valence-corrected chi connectivity index (χ0v) is 19.7. The summed E-state index contributed by atoms with van der Waals surface area (Å²) in [6.45, 7) is 11.5. The maximum absolute atomic E-state index is 12.4. The van der Waals surface area contributed by atoms with E-state index in [1.807, 2.05) is 20.8 Å². The Morgan fingerprint density at radius 3 is 1.97 bits per heavy atom. The van der Waals surface area contributed by atoms with Gasteiger partial charge >= 0.3 is 23.9 Å². The largest absolute Gasteiger partial charge is 0.459 e. The van der Waals surface area contributed by atoms with Crippen LogP contribution in [0.3, 0.4) is 0 Å². The fourth-order valence-corrected chi connectivity index (χ4v) is 2.63. The summed E-state index contributed by atoms with van der Waals surface area (Å²) in [4.78, 5) is 46.9. The van der Waals surface area contributed by atoms with Crippen molar-refractivity contribution >= 4 is 23.9 Å². The highest BCUT2D eigenvalue weighted by Gasteiger charge is 2.26. The first-order valence-corrected chi connectivity index (χ1v) is 10.3. The Kier molecular flexibility index (Phi) is 9.83. The number of hydrogen-bond donors (Lipinski definition) is 1. The molecule has 178 valence electrons. The Balaban J connectivity index is 2.75. The van der Waals surface area contributed by atoms with Crippen molar-refractivity contribution in [1.82, 2.24) is 0 Å². The molecule has 32 heavy (non-hydrogen) atoms. The molecule has 9 nitrogen and oxygen atoms in total. The highest BCUT2D eigenvalue weighted by molar-refractivity contribution is 5.77. The van der Waals surface area contributed by atoms with Crippen LogP contribution in [0.25, 0.3) is 0 Å². The quantitative estimate of drug-likeness (QED) is 0.444. The second kappa shape index (κ2) is 11.6. The van der Waals surface area contributed by atoms with E-state index in [2.05, 4.69) is 0 Å². The number of benzene rings is 1. The molecule has 1 unspecified atom stereocenters. The Bertz CT molecular complexity index is 843. The normalized spacial score (nSPS) is 14.0. The predicted molar refractivity (Wildman–Crippen MR) is 116 cm³/mol. The monoisotopic (exact) mass is 451 g/mol. The lowest BCUT2D eigenvalue weighted by molar-refractivity contribution is -0.167. The van der Waals surface area contributed by atoms with Gasteiger partial charge in [0.25, 0.3) is 0 Å². The Morgan fingerprint density at radius 2 is 1.44 bits per heavy atom. The fourth-order valence-electron chi connectivity index (χ4n) is 2.63. The average molecular weight is 452 g/mol. The van der Waals surface area contributed by atoms with Crippen molar-refractivity contribution in [1.29, 1.82) is 0 Å². The summed E-state index contributed by atoms with van der Waals surface area (Å²) < 4.78 is 20.8. The van der Waals surface area contributed by atoms with Crippen molar-refractivity contribution in [3.05, 3.63) is 23.8 Å². The third-order valence-electron chi connectivity index (χ3n) is 4.23. The van der Waals surface area contributed by atoms with Gasteiger partial charge in [-0.05, 0) is 43.4 Å². The number of hydrogen-bond acceptors (Lipinski definition) is 9. The molecule has 0 spiro atoms. The molecule has 1 aromatic rings. The molecular formula is C23H33NO8. The molecule has 0 fully saturated rings. The van der Waals surface area contributed by atoms with Gasteiger partial charge in [0.1, 0.15) is 18.2 Å². The third-order valence-corrected chi connectivity index (χ3v) is 4.23. The lowest BCUT2D eigenvalue weighted by Gasteiger charge is -2.24. The minimum atomic E-state index is -1.01. The molecule has 9 heteroatoms. The van der Waals surface area contributed by atoms with Crippen molar-refractivity contribution in [2.24, 2.45) is 11.1 Å². The molecule has 0 aliphatic heterocycles. The average Bonchev–Trinajstić information content (AvgIpc) is 2.61. The summed E-state index contributed by atoms with van der Waals surface area (Å²) in [5, 5.41) is 0. The number of carbonyl (C=O) groups excluding carboxylic acids is 4. The highest BCUT2D eigenvalue weighted by atomic mass is 16.6. The van der Waals surface area contributed by atoms with Crippen LogP contribution in [0.15, 0.2) is 18.2 Å². The Hall–Kier alpha value is -2.94. The number of carbonyl (C=O) groups is 4. The molecule has 1 rings (SSSR count). The minimum Gasteiger partial charge on any atom is -0.459 e. The summed E-state index contributed by atoms with van der Waals surface area (Å²) in [5.41, 5.74) is 6.33. The smallest absolute Gasteiger partial charge is 0.323 e. The lowest BCUT2D eigenvalue weighted by atomic mass is 9.92. The molecule has 0 amide bonds. The van der Waals surface area contributed by atoms with Crippen molar-refractivity contribution < 1.29 is 38.1 Å². The third kappa shape index (κ3) is 9.91. The van der Waals surface area contributed by atoms with E-state index in [4.69, 9.17) is 24.7 Å². The van der Waals surface area contributed by atoms with Crippen LogP contribution in [0.4, 0.5) is 0 Å². The molecule has 0 heterocycles. The maximum Gasteiger partial charge on any atom is 0.323 e. The zero-order valence-electron chi connectivity index (χ0n) is 19.7. The molecule has 1 aromatic carbocycles. The highest BCUT2D eigenvalue weighted by Crippen LogP contribution is 2.29. The Labute approximate surface area is 188 Å². The first-order valence-electron chi connectivity index (χ1n) is 10.3. The first kappa shape index (κ1) is 27.1. The van der Waals surface area contributed by atoms with E-state index in [0.717, 1.165) is 0 Å². The SMILES string of the molecule is CC(=O)Oc1ccc(C[C@H](N)C(=O)O[C@@H](C)C(C)OC(=O)CC(C)(C)C)cc1OC(C)=O. The Morgan fingerprint density at radius 1 is 0.906 bits per heavy atom. The van der Waals surface area contributed by atoms with Crippen molar-refractivity contribution in [2.75, 3.05) is 0 Å². The van der Waals surface area contributed by atoms with E-state index in [1.165, 1.54) is 26.0 Å². The summed E-state index contributed by atoms with van der Waals surface area (Å²) in [5.74, 6) is -2.09. The molecule has 0 saturated carbocycles. The van der Waals surface area contributed by atoms with Gasteiger partial charge in [0, 0.05) is 13.8 Å². The van der Waals surface area contributed by atoms with Crippen LogP contribution in [-0.4, -0.2) is 42.1 Å². The van der Waals surface area contributed by atoms with Gasteiger partial charge in [-0.3, -0.25) is 19.2 Å². The van der Waals surface area contributed by atoms with Crippen LogP contribution in [0.5, 0.6) is 11.5 Å². The van der Waals surface area contributed by atoms with E-state index in [-0.39, 0.29) is 35.7 Å². The summed E-state index contributed by atoms with van der Waals surface area (Å²) >= 11 is 0. The van der Waals surface area contributed by atoms with Crippen LogP contribution in [-0.2, 0) is 35.1 Å². The van der Waals surface area contributed by atoms with E-state index in [9.17, 15) is 19.2 Å². The predicted octanol–water partition coefficient (Wildman–Crippen LogP) is 2.71. The van der Waals surface area contributed by atoms with E-state index in [0.29, 0.717) is 5.56 Å². The van der Waals surface area contributed by atoms with Crippen LogP contribution >= 0.6 is 0 Å². The summed E-state index contributed by atoms with van der Waals surface area (Å²) in [7, 11) is 0. The molecule has 0 saturated heterocycles. The van der Waals surface area contributed by atoms with Gasteiger partial charge in [-0.25, -0.2) is 0 Å². The lowest BCUT2D eigenvalue weighted by Crippen LogP contribution is -2.39. The summed E-state index contributed by atoms with van der Waals surface area (Å²) in [6, 6.07) is 3.50. The standard InChI is InChI=1S/C23H33NO8/c1-13(29-21(27)12-23(5,6)7)14(2)30-22(28)18(24)10-17-8-9-19(31-15(3)25)20(11-17)32-16(4)26/h8-9,11,13-14,18H,10,12,24H2,1-7H3/t13?,14-,18-/m0/s1. The molecule has 3 atom stereocenters.